The highest BCUT2D eigenvalue weighted by atomic mass is 16.3. The van der Waals surface area contributed by atoms with Crippen LogP contribution in [-0.2, 0) is 16.2 Å². The Bertz CT molecular complexity index is 8750. The van der Waals surface area contributed by atoms with E-state index in [1.54, 1.807) is 60.7 Å². The van der Waals surface area contributed by atoms with E-state index in [0.717, 1.165) is 27.6 Å². The van der Waals surface area contributed by atoms with E-state index in [2.05, 4.69) is 92.6 Å². The highest BCUT2D eigenvalue weighted by Gasteiger charge is 2.47. The molecule has 0 fully saturated rings. The summed E-state index contributed by atoms with van der Waals surface area (Å²) in [6.07, 6.45) is 0. The molecule has 0 N–H and O–H groups in total. The van der Waals surface area contributed by atoms with E-state index in [-0.39, 0.29) is 77.0 Å². The molecule has 574 valence electrons. The molecule has 0 spiro atoms. The van der Waals surface area contributed by atoms with Gasteiger partial charge in [0.2, 0.25) is 0 Å². The molecule has 0 radical (unpaired) electrons. The molecule has 0 atom stereocenters. The molecule has 0 aliphatic carbocycles. The minimum atomic E-state index is -1.68. The maximum Gasteiger partial charge on any atom is 0.252 e. The number of hydrogen-bond donors (Lipinski definition) is 0. The zero-order valence-electron chi connectivity index (χ0n) is 87.5. The number of benzene rings is 17. The first-order valence-electron chi connectivity index (χ1n) is 50.6. The van der Waals surface area contributed by atoms with Crippen LogP contribution in [-0.4, -0.2) is 15.8 Å². The van der Waals surface area contributed by atoms with Crippen molar-refractivity contribution in [3.05, 3.63) is 392 Å². The first-order chi connectivity index (χ1) is 66.8. The lowest BCUT2D eigenvalue weighted by atomic mass is 9.33. The van der Waals surface area contributed by atoms with Crippen LogP contribution >= 0.6 is 0 Å². The quantitative estimate of drug-likeness (QED) is 0.121. The first-order valence-corrected chi connectivity index (χ1v) is 40.6. The van der Waals surface area contributed by atoms with Crippen molar-refractivity contribution in [2.24, 2.45) is 0 Å². The summed E-state index contributed by atoms with van der Waals surface area (Å²) in [4.78, 5) is 3.91. The molecule has 3 aromatic heterocycles. The lowest BCUT2D eigenvalue weighted by Crippen LogP contribution is -2.61. The molecule has 17 aromatic carbocycles. The SMILES string of the molecule is [2H]c1c([2H])c(-n2c3c([2H])c([2H])c([2H])c([2H])c3c3c([2H])c(-c4ccccc4)c([2H])c([2H])c32)c([2H])c2c1B1c3c(cc(C(C)(C)C)cc3N(c3c(-c4cccc(-c5ccccc5)c4)cc(C(C)(C)C)cc3-c3cccc4oc5ccccc5c34)c3c([2H])c(-n4c5c([2H])c([2H])c([2H])c([2H])c5c5c([2H])c(-c6ccccc6)c([2H])c([2H])c54)c([2H])c([2H])c31)N2c1c(-c2ccccc2)cc(C(C)(C)C)cc1-c1ccccc1. The van der Waals surface area contributed by atoms with E-state index in [1.165, 1.54) is 9.13 Å². The lowest BCUT2D eigenvalue weighted by molar-refractivity contribution is 0.590. The Morgan fingerprint density at radius 1 is 0.275 bits per heavy atom. The van der Waals surface area contributed by atoms with Gasteiger partial charge in [-0.05, 0) is 220 Å². The van der Waals surface area contributed by atoms with E-state index in [0.29, 0.717) is 106 Å². The Labute approximate surface area is 730 Å². The fraction of sp³-hybridized carbons (Fsp3) is 0.105. The van der Waals surface area contributed by atoms with Gasteiger partial charge < -0.3 is 23.4 Å². The summed E-state index contributed by atoms with van der Waals surface area (Å²) in [5, 5.41) is 0.541. The van der Waals surface area contributed by atoms with Gasteiger partial charge in [-0.15, -0.1) is 0 Å². The van der Waals surface area contributed by atoms with Gasteiger partial charge >= 0.3 is 0 Å². The fourth-order valence-electron chi connectivity index (χ4n) is 17.8. The second-order valence-corrected chi connectivity index (χ2v) is 34.3. The van der Waals surface area contributed by atoms with Crippen LogP contribution < -0.4 is 26.2 Å². The monoisotopic (exact) mass is 1560 g/mol. The molecule has 0 unspecified atom stereocenters. The Morgan fingerprint density at radius 3 is 1.15 bits per heavy atom. The van der Waals surface area contributed by atoms with Gasteiger partial charge in [0.1, 0.15) is 11.2 Å². The van der Waals surface area contributed by atoms with Crippen LogP contribution in [0.3, 0.4) is 0 Å². The van der Waals surface area contributed by atoms with E-state index < -0.39 is 155 Å². The molecular formula is C114H89BN4O. The summed E-state index contributed by atoms with van der Waals surface area (Å²) >= 11 is 0. The number of nitrogens with zero attached hydrogens (tertiary/aromatic N) is 4. The van der Waals surface area contributed by atoms with Gasteiger partial charge in [-0.3, -0.25) is 0 Å². The highest BCUT2D eigenvalue weighted by molar-refractivity contribution is 7.00. The summed E-state index contributed by atoms with van der Waals surface area (Å²) in [6, 6.07) is 68.5. The van der Waals surface area contributed by atoms with Crippen LogP contribution in [0.4, 0.5) is 34.1 Å². The van der Waals surface area contributed by atoms with Crippen LogP contribution in [0, 0.1) is 0 Å². The highest BCUT2D eigenvalue weighted by Crippen LogP contribution is 2.57. The standard InChI is InChI=1S/C114H89BN4O/c1-112(2,3)81-64-90(75-39-21-13-22-40-75)110(91(65-81)76-41-23-14-24-42-76)118-102-70-84(116-98-49-28-25-45-86(98)93-62-78(53-59-100(93)116)73-35-17-11-18-36-73)55-57-96(102)115-97-58-56-85(117-99-50-29-26-46-87(99)94-63-79(54-60-101(94)117)74-37-19-12-20-38-74)71-103(97)119(105-69-83(114(7,8)9)68-104(118)109(105)115)111-92(80-44-31-43-77(61-80)72-33-15-10-16-34-72)66-82(113(4,5)6)67-95(111)88-48-32-52-107-108(88)89-47-27-30-51-106(89)120-107/h10-71H,1-9H3/i25D,26D,28D,29D,45D,46D,49D,50D,53D,54D,55D,56D,57D,58D,59D,60D,62D,63D,70D,71D. The number of hydrogen-bond acceptors (Lipinski definition) is 3. The van der Waals surface area contributed by atoms with Crippen molar-refractivity contribution in [3.63, 3.8) is 0 Å². The topological polar surface area (TPSA) is 29.5 Å². The Morgan fingerprint density at radius 2 is 0.658 bits per heavy atom. The predicted molar refractivity (Wildman–Crippen MR) is 511 cm³/mol. The molecule has 0 saturated carbocycles. The summed E-state index contributed by atoms with van der Waals surface area (Å²) < 4.78 is 221. The van der Waals surface area contributed by atoms with Crippen molar-refractivity contribution in [2.75, 3.05) is 9.80 Å². The van der Waals surface area contributed by atoms with Crippen molar-refractivity contribution < 1.29 is 31.8 Å². The molecule has 20 aromatic rings. The van der Waals surface area contributed by atoms with Crippen molar-refractivity contribution in [1.29, 1.82) is 0 Å². The summed E-state index contributed by atoms with van der Waals surface area (Å²) in [5.41, 5.74) is 7.36. The van der Waals surface area contributed by atoms with Crippen LogP contribution in [0.25, 0.3) is 155 Å². The average Bonchev–Trinajstić information content (AvgIpc) is 0.856. The van der Waals surface area contributed by atoms with Gasteiger partial charge in [-0.2, -0.15) is 0 Å². The van der Waals surface area contributed by atoms with E-state index in [4.69, 9.17) is 4.42 Å². The number of fused-ring (bicyclic) bond motifs is 13. The first kappa shape index (κ1) is 53.9. The van der Waals surface area contributed by atoms with E-state index in [1.807, 2.05) is 174 Å². The lowest BCUT2D eigenvalue weighted by Gasteiger charge is -2.47. The summed E-state index contributed by atoms with van der Waals surface area (Å²) in [7, 11) is 0. The zero-order chi connectivity index (χ0) is 98.4. The number of rotatable bonds is 11. The predicted octanol–water partition coefficient (Wildman–Crippen LogP) is 29.4. The third-order valence-corrected chi connectivity index (χ3v) is 23.8. The second-order valence-electron chi connectivity index (χ2n) is 34.3. The van der Waals surface area contributed by atoms with Gasteiger partial charge in [0.25, 0.3) is 6.71 Å². The van der Waals surface area contributed by atoms with Gasteiger partial charge in [0, 0.05) is 88.7 Å². The van der Waals surface area contributed by atoms with Gasteiger partial charge in [0.15, 0.2) is 0 Å². The van der Waals surface area contributed by atoms with Crippen molar-refractivity contribution in [3.8, 4) is 89.3 Å². The summed E-state index contributed by atoms with van der Waals surface area (Å²) in [6.45, 7) is 17.2. The molecule has 0 saturated heterocycles. The molecule has 120 heavy (non-hydrogen) atoms. The Hall–Kier alpha value is -14.2. The molecule has 5 nitrogen and oxygen atoms in total. The van der Waals surface area contributed by atoms with Crippen molar-refractivity contribution in [1.82, 2.24) is 9.13 Å². The van der Waals surface area contributed by atoms with Gasteiger partial charge in [-0.1, -0.05) is 323 Å². The molecule has 2 aliphatic heterocycles. The summed E-state index contributed by atoms with van der Waals surface area (Å²) in [5.74, 6) is 0. The molecule has 22 rings (SSSR count). The van der Waals surface area contributed by atoms with Crippen molar-refractivity contribution in [2.45, 2.75) is 78.6 Å². The van der Waals surface area contributed by atoms with Gasteiger partial charge in [-0.25, -0.2) is 0 Å². The molecule has 0 amide bonds. The van der Waals surface area contributed by atoms with Crippen LogP contribution in [0.2, 0.25) is 0 Å². The molecule has 5 heterocycles. The minimum Gasteiger partial charge on any atom is -0.456 e. The number of para-hydroxylation sites is 3. The number of aromatic nitrogens is 2. The second kappa shape index (κ2) is 27.7. The third kappa shape index (κ3) is 11.8. The minimum absolute atomic E-state index is 0.0339. The van der Waals surface area contributed by atoms with Crippen molar-refractivity contribution >= 4 is 123 Å². The number of furan rings is 1. The zero-order valence-corrected chi connectivity index (χ0v) is 67.5. The maximum absolute atomic E-state index is 12.3. The average molecular weight is 1560 g/mol. The molecule has 2 aliphatic rings. The fourth-order valence-corrected chi connectivity index (χ4v) is 17.8. The Kier molecular flexibility index (Phi) is 12.5. The van der Waals surface area contributed by atoms with Gasteiger partial charge in [0.05, 0.1) is 60.9 Å². The van der Waals surface area contributed by atoms with E-state index >= 15 is 0 Å². The normalized spacial score (nSPS) is 15.2. The third-order valence-electron chi connectivity index (χ3n) is 23.8. The maximum atomic E-state index is 12.3. The van der Waals surface area contributed by atoms with E-state index in [9.17, 15) is 27.4 Å². The Balaban J connectivity index is 1.01. The molecular weight excluding hydrogens is 1450 g/mol. The number of anilines is 6. The largest absolute Gasteiger partial charge is 0.456 e. The molecule has 6 heteroatoms. The van der Waals surface area contributed by atoms with Crippen LogP contribution in [0.15, 0.2) is 380 Å². The molecule has 0 bridgehead atoms. The smallest absolute Gasteiger partial charge is 0.252 e. The van der Waals surface area contributed by atoms with Crippen LogP contribution in [0.1, 0.15) is 106 Å². The van der Waals surface area contributed by atoms with Crippen LogP contribution in [0.5, 0.6) is 0 Å².